The number of alkyl halides is 6. The van der Waals surface area contributed by atoms with Gasteiger partial charge in [-0.25, -0.2) is 44.9 Å². The fourth-order valence-corrected chi connectivity index (χ4v) is 16.1. The molecule has 22 nitrogen and oxygen atoms in total. The number of aryl methyl sites for hydroxylation is 5. The van der Waals surface area contributed by atoms with Gasteiger partial charge in [-0.3, -0.25) is 0 Å². The first kappa shape index (κ1) is 70.8. The van der Waals surface area contributed by atoms with Crippen molar-refractivity contribution in [2.24, 2.45) is 0 Å². The van der Waals surface area contributed by atoms with E-state index in [9.17, 15) is 51.9 Å². The average molecular weight is 1410 g/mol. The van der Waals surface area contributed by atoms with E-state index < -0.39 is 92.0 Å². The van der Waals surface area contributed by atoms with E-state index in [4.69, 9.17) is 33.9 Å². The summed E-state index contributed by atoms with van der Waals surface area (Å²) in [5, 5.41) is 63.7. The molecule has 0 radical (unpaired) electrons. The van der Waals surface area contributed by atoms with Crippen LogP contribution >= 0.6 is 45.8 Å². The van der Waals surface area contributed by atoms with Gasteiger partial charge in [-0.2, -0.15) is 26.3 Å². The standard InChI is InChI=1S/C23H25F3N4O3S.C21H24N4O3S2.C20H21F3N4O3S.H2O/c1-11-17(21-29-12-6-4-5-7-15(12)34-21)20(30-16(27-11)8-9-23(24,25)26)28-13-10-14(31)19-18(13)32-22(2,3)33-19;1-10-15(19-24-11-7-5-6-8-14(11)30-19)18(25-20(22-10)29-4)23-12-9-13(26)17-16(12)27-21(2,3)28-17;1-9-15(19-26-10-4-2-3-5-13(10)31-19)18(25-11-8-12(28)17(30)16(11)29)27-14(24-9)6-7-20(21,22)23;/h4-7,13-14,18-19,31H,8-10H2,1-3H3,(H,27,28,30);5-8,12-13,16-17,26H,9H2,1-4H3,(H,22,23,25);2-5,11-12,16-17,28-30H,6-8H2,1H3,(H,24,25,27);1H2/t13-,14+,18+,19-;12-,13+,16+,17-;11-,12+,16+,17-;/m111./s1. The van der Waals surface area contributed by atoms with Crippen LogP contribution in [0, 0.1) is 20.8 Å². The molecule has 6 aromatic heterocycles. The minimum absolute atomic E-state index is 0. The highest BCUT2D eigenvalue weighted by Crippen LogP contribution is 2.45. The van der Waals surface area contributed by atoms with Gasteiger partial charge in [0.2, 0.25) is 0 Å². The first-order valence-electron chi connectivity index (χ1n) is 30.8. The number of aliphatic hydroxyl groups excluding tert-OH is 5. The summed E-state index contributed by atoms with van der Waals surface area (Å²) in [7, 11) is 0. The quantitative estimate of drug-likeness (QED) is 0.0285. The summed E-state index contributed by atoms with van der Waals surface area (Å²) in [5.74, 6) is -0.122. The number of benzene rings is 3. The molecule has 2 saturated heterocycles. The molecule has 5 fully saturated rings. The molecule has 8 heterocycles. The molecule has 12 atom stereocenters. The second kappa shape index (κ2) is 28.0. The molecule has 3 saturated carbocycles. The molecule has 514 valence electrons. The van der Waals surface area contributed by atoms with E-state index >= 15 is 0 Å². The number of halogens is 6. The minimum atomic E-state index is -4.34. The zero-order chi connectivity index (χ0) is 67.6. The summed E-state index contributed by atoms with van der Waals surface area (Å²) < 4.78 is 104. The Hall–Kier alpha value is -6.50. The molecule has 0 unspecified atom stereocenters. The molecule has 0 spiro atoms. The van der Waals surface area contributed by atoms with Crippen LogP contribution in [0.15, 0.2) is 78.0 Å². The van der Waals surface area contributed by atoms with Gasteiger partial charge in [0.25, 0.3) is 0 Å². The number of fused-ring (bicyclic) bond motifs is 5. The van der Waals surface area contributed by atoms with Crippen LogP contribution < -0.4 is 16.0 Å². The normalized spacial score (nSPS) is 25.7. The third-order valence-corrected chi connectivity index (χ3v) is 20.5. The van der Waals surface area contributed by atoms with Gasteiger partial charge < -0.3 is 65.9 Å². The van der Waals surface area contributed by atoms with Crippen molar-refractivity contribution in [1.29, 1.82) is 0 Å². The van der Waals surface area contributed by atoms with Crippen molar-refractivity contribution in [1.82, 2.24) is 44.9 Å². The van der Waals surface area contributed by atoms with Crippen LogP contribution in [0.5, 0.6) is 0 Å². The molecule has 3 aromatic carbocycles. The van der Waals surface area contributed by atoms with E-state index in [1.165, 1.54) is 34.4 Å². The van der Waals surface area contributed by atoms with E-state index in [0.717, 1.165) is 52.7 Å². The summed E-state index contributed by atoms with van der Waals surface area (Å²) in [6.07, 6.45) is -15.1. The Labute approximate surface area is 563 Å². The number of hydrogen-bond acceptors (Lipinski definition) is 25. The number of nitrogens with zero attached hydrogens (tertiary/aromatic N) is 9. The van der Waals surface area contributed by atoms with Gasteiger partial charge in [0.15, 0.2) is 16.7 Å². The Kier molecular flexibility index (Phi) is 20.7. The molecule has 2 aliphatic heterocycles. The number of aromatic nitrogens is 9. The summed E-state index contributed by atoms with van der Waals surface area (Å²) in [5.41, 5.74) is 6.44. The molecule has 9 aromatic rings. The highest BCUT2D eigenvalue weighted by atomic mass is 32.2. The average Bonchev–Trinajstić information content (AvgIpc) is 1.60. The highest BCUT2D eigenvalue weighted by molar-refractivity contribution is 7.98. The Bertz CT molecular complexity index is 4160. The molecule has 3 aliphatic carbocycles. The first-order valence-corrected chi connectivity index (χ1v) is 34.4. The van der Waals surface area contributed by atoms with E-state index in [-0.39, 0.29) is 60.1 Å². The summed E-state index contributed by atoms with van der Waals surface area (Å²) in [4.78, 5) is 41.0. The molecule has 5 aliphatic rings. The monoisotopic (exact) mass is 1410 g/mol. The predicted octanol–water partition coefficient (Wildman–Crippen LogP) is 10.5. The Morgan fingerprint density at radius 2 is 0.812 bits per heavy atom. The van der Waals surface area contributed by atoms with Crippen LogP contribution in [0.25, 0.3) is 62.4 Å². The summed E-state index contributed by atoms with van der Waals surface area (Å²) in [6, 6.07) is 22.1. The number of aliphatic hydroxyl groups is 5. The summed E-state index contributed by atoms with van der Waals surface area (Å²) >= 11 is 5.98. The third kappa shape index (κ3) is 15.7. The van der Waals surface area contributed by atoms with Crippen LogP contribution in [0.3, 0.4) is 0 Å². The maximum atomic E-state index is 12.9. The van der Waals surface area contributed by atoms with Gasteiger partial charge in [0.1, 0.15) is 80.7 Å². The van der Waals surface area contributed by atoms with Gasteiger partial charge in [-0.05, 0) is 110 Å². The fourth-order valence-electron chi connectivity index (χ4n) is 12.5. The molecule has 32 heteroatoms. The highest BCUT2D eigenvalue weighted by Gasteiger charge is 2.55. The van der Waals surface area contributed by atoms with Crippen molar-refractivity contribution < 1.29 is 76.3 Å². The molecular weight excluding hydrogens is 1340 g/mol. The third-order valence-electron chi connectivity index (χ3n) is 16.8. The van der Waals surface area contributed by atoms with E-state index in [1.54, 1.807) is 39.0 Å². The number of ether oxygens (including phenoxy) is 4. The Balaban J connectivity index is 0.000000146. The molecule has 96 heavy (non-hydrogen) atoms. The molecule has 14 rings (SSSR count). The smallest absolute Gasteiger partial charge is 0.389 e. The zero-order valence-corrected chi connectivity index (χ0v) is 56.4. The lowest BCUT2D eigenvalue weighted by Gasteiger charge is -2.24. The van der Waals surface area contributed by atoms with Crippen molar-refractivity contribution in [2.75, 3.05) is 22.2 Å². The van der Waals surface area contributed by atoms with Gasteiger partial charge in [0.05, 0.1) is 114 Å². The number of hydrogen-bond donors (Lipinski definition) is 8. The predicted molar refractivity (Wildman–Crippen MR) is 354 cm³/mol. The topological polar surface area (TPSA) is 322 Å². The number of anilines is 3. The Morgan fingerprint density at radius 3 is 1.17 bits per heavy atom. The number of thioether (sulfide) groups is 1. The second-order valence-electron chi connectivity index (χ2n) is 24.9. The number of thiazole rings is 3. The Morgan fingerprint density at radius 1 is 0.469 bits per heavy atom. The van der Waals surface area contributed by atoms with E-state index in [1.807, 2.05) is 93.8 Å². The molecule has 10 N–H and O–H groups in total. The number of rotatable bonds is 14. The van der Waals surface area contributed by atoms with E-state index in [0.29, 0.717) is 56.3 Å². The van der Waals surface area contributed by atoms with Crippen molar-refractivity contribution in [3.63, 3.8) is 0 Å². The van der Waals surface area contributed by atoms with Crippen molar-refractivity contribution in [3.8, 4) is 31.7 Å². The fraction of sp³-hybridized carbons (Fsp3) is 0.484. The van der Waals surface area contributed by atoms with Crippen LogP contribution in [-0.2, 0) is 31.8 Å². The number of nitrogens with one attached hydrogen (secondary N) is 3. The molecule has 0 bridgehead atoms. The molecular formula is C64H72F6N12O10S4. The SMILES string of the molecule is CSc1nc(C)c(-c2nc3ccccc3s2)c(N[C@@H]2C[C@H](O)[C@H]3OC(C)(C)O[C@H]32)n1.Cc1nc(CCC(F)(F)F)nc(N[C@@H]2C[C@H](O)[C@@H](O)[C@H]2O)c1-c1nc2ccccc2s1.Cc1nc(CCC(F)(F)F)nc(N[C@@H]2C[C@H](O)[C@H]3OC(C)(C)O[C@H]32)c1-c1nc2ccccc2s1.O. The number of para-hydroxylation sites is 3. The molecule has 0 amide bonds. The lowest BCUT2D eigenvalue weighted by atomic mass is 10.1. The summed E-state index contributed by atoms with van der Waals surface area (Å²) in [6.45, 7) is 12.7. The van der Waals surface area contributed by atoms with Crippen molar-refractivity contribution in [2.45, 2.75) is 196 Å². The van der Waals surface area contributed by atoms with Crippen molar-refractivity contribution >= 4 is 93.9 Å². The van der Waals surface area contributed by atoms with Crippen LogP contribution in [-0.4, -0.2) is 179 Å². The van der Waals surface area contributed by atoms with Gasteiger partial charge in [0, 0.05) is 12.8 Å². The maximum Gasteiger partial charge on any atom is 0.389 e. The van der Waals surface area contributed by atoms with Crippen molar-refractivity contribution in [3.05, 3.63) is 102 Å². The van der Waals surface area contributed by atoms with Crippen LogP contribution in [0.4, 0.5) is 43.8 Å². The maximum absolute atomic E-state index is 12.9. The minimum Gasteiger partial charge on any atom is -0.412 e. The van der Waals surface area contributed by atoms with Gasteiger partial charge in [-0.1, -0.05) is 48.2 Å². The van der Waals surface area contributed by atoms with Gasteiger partial charge >= 0.3 is 12.4 Å². The second-order valence-corrected chi connectivity index (χ2v) is 28.7. The van der Waals surface area contributed by atoms with Crippen LogP contribution in [0.1, 0.15) is 88.5 Å². The van der Waals surface area contributed by atoms with Crippen LogP contribution in [0.2, 0.25) is 0 Å². The largest absolute Gasteiger partial charge is 0.412 e. The lowest BCUT2D eigenvalue weighted by molar-refractivity contribution is -0.162. The first-order chi connectivity index (χ1) is 45.0. The zero-order valence-electron chi connectivity index (χ0n) is 53.1. The lowest BCUT2D eigenvalue weighted by Crippen LogP contribution is -2.36. The van der Waals surface area contributed by atoms with E-state index in [2.05, 4.69) is 51.9 Å². The van der Waals surface area contributed by atoms with Gasteiger partial charge in [-0.15, -0.1) is 34.0 Å².